The van der Waals surface area contributed by atoms with Gasteiger partial charge in [0.2, 0.25) is 0 Å². The highest BCUT2D eigenvalue weighted by molar-refractivity contribution is 7.99. The molecule has 0 saturated carbocycles. The quantitative estimate of drug-likeness (QED) is 0.266. The molecule has 0 saturated heterocycles. The van der Waals surface area contributed by atoms with Gasteiger partial charge in [0.1, 0.15) is 12.4 Å². The third-order valence-electron chi connectivity index (χ3n) is 3.70. The predicted octanol–water partition coefficient (Wildman–Crippen LogP) is 3.14. The number of ether oxygens (including phenoxy) is 3. The molecule has 0 aliphatic carbocycles. The van der Waals surface area contributed by atoms with E-state index in [-0.39, 0.29) is 0 Å². The van der Waals surface area contributed by atoms with E-state index in [0.29, 0.717) is 33.0 Å². The van der Waals surface area contributed by atoms with Crippen LogP contribution in [0.4, 0.5) is 0 Å². The molecule has 1 aromatic heterocycles. The van der Waals surface area contributed by atoms with Gasteiger partial charge in [-0.25, -0.2) is 0 Å². The van der Waals surface area contributed by atoms with Gasteiger partial charge < -0.3 is 19.4 Å². The van der Waals surface area contributed by atoms with Gasteiger partial charge >= 0.3 is 0 Å². The Morgan fingerprint density at radius 3 is 2.36 bits per heavy atom. The Balaban J connectivity index is 1.47. The molecule has 25 heavy (non-hydrogen) atoms. The Labute approximate surface area is 153 Å². The fraction of sp³-hybridized carbons (Fsp3) is 0.421. The molecule has 136 valence electrons. The van der Waals surface area contributed by atoms with E-state index in [9.17, 15) is 5.21 Å². The number of hydrogen-bond donors (Lipinski definition) is 0. The number of para-hydroxylation sites is 1. The van der Waals surface area contributed by atoms with Crippen molar-refractivity contribution in [3.8, 4) is 5.75 Å². The first-order valence-corrected chi connectivity index (χ1v) is 9.32. The highest BCUT2D eigenvalue weighted by atomic mass is 32.2. The van der Waals surface area contributed by atoms with Gasteiger partial charge in [-0.15, -0.1) is 11.8 Å². The van der Waals surface area contributed by atoms with E-state index >= 15 is 0 Å². The largest absolute Gasteiger partial charge is 0.619 e. The monoisotopic (exact) mass is 363 g/mol. The number of nitrogens with zero attached hydrogens (tertiary/aromatic N) is 1. The summed E-state index contributed by atoms with van der Waals surface area (Å²) in [6, 6.07) is 11.5. The van der Waals surface area contributed by atoms with Crippen molar-refractivity contribution >= 4 is 11.8 Å². The van der Waals surface area contributed by atoms with E-state index in [4.69, 9.17) is 14.2 Å². The minimum atomic E-state index is 0.534. The summed E-state index contributed by atoms with van der Waals surface area (Å²) in [5.74, 6) is 1.70. The van der Waals surface area contributed by atoms with E-state index in [2.05, 4.69) is 0 Å². The zero-order chi connectivity index (χ0) is 17.9. The fourth-order valence-electron chi connectivity index (χ4n) is 2.14. The van der Waals surface area contributed by atoms with Crippen LogP contribution in [0.15, 0.2) is 47.5 Å². The van der Waals surface area contributed by atoms with Crippen LogP contribution in [-0.2, 0) is 9.47 Å². The van der Waals surface area contributed by atoms with E-state index in [1.807, 2.05) is 50.2 Å². The van der Waals surface area contributed by atoms with Gasteiger partial charge in [0.15, 0.2) is 11.9 Å². The summed E-state index contributed by atoms with van der Waals surface area (Å²) in [6.45, 7) is 6.66. The normalized spacial score (nSPS) is 10.8. The number of aromatic nitrogens is 1. The lowest BCUT2D eigenvalue weighted by Gasteiger charge is -2.09. The van der Waals surface area contributed by atoms with Crippen LogP contribution in [0.2, 0.25) is 0 Å². The minimum Gasteiger partial charge on any atom is -0.619 e. The molecule has 1 aromatic carbocycles. The third kappa shape index (κ3) is 6.94. The summed E-state index contributed by atoms with van der Waals surface area (Å²) >= 11 is 1.70. The average molecular weight is 363 g/mol. The SMILES string of the molecule is Cc1c(SCCOCCOCCOc2ccccc2)cc[n+]([O-])c1C. The van der Waals surface area contributed by atoms with Gasteiger partial charge in [-0.1, -0.05) is 18.2 Å². The third-order valence-corrected chi connectivity index (χ3v) is 4.83. The lowest BCUT2D eigenvalue weighted by Crippen LogP contribution is -2.30. The van der Waals surface area contributed by atoms with Crippen molar-refractivity contribution < 1.29 is 18.9 Å². The lowest BCUT2D eigenvalue weighted by molar-refractivity contribution is -0.613. The van der Waals surface area contributed by atoms with Crippen molar-refractivity contribution in [2.75, 3.05) is 38.8 Å². The van der Waals surface area contributed by atoms with Crippen molar-refractivity contribution in [1.82, 2.24) is 0 Å². The van der Waals surface area contributed by atoms with E-state index in [0.717, 1.165) is 32.4 Å². The molecule has 0 unspecified atom stereocenters. The smallest absolute Gasteiger partial charge is 0.193 e. The van der Waals surface area contributed by atoms with E-state index in [1.165, 1.54) is 0 Å². The first-order valence-electron chi connectivity index (χ1n) is 8.34. The van der Waals surface area contributed by atoms with Crippen molar-refractivity contribution in [3.63, 3.8) is 0 Å². The molecule has 0 aliphatic rings. The van der Waals surface area contributed by atoms with Crippen molar-refractivity contribution in [3.05, 3.63) is 59.1 Å². The van der Waals surface area contributed by atoms with Crippen LogP contribution >= 0.6 is 11.8 Å². The highest BCUT2D eigenvalue weighted by Gasteiger charge is 2.08. The molecule has 5 nitrogen and oxygen atoms in total. The molecular formula is C19H25NO4S. The Morgan fingerprint density at radius 1 is 0.920 bits per heavy atom. The zero-order valence-corrected chi connectivity index (χ0v) is 15.6. The van der Waals surface area contributed by atoms with Gasteiger partial charge in [-0.05, 0) is 19.1 Å². The van der Waals surface area contributed by atoms with Crippen LogP contribution < -0.4 is 9.47 Å². The average Bonchev–Trinajstić information content (AvgIpc) is 2.64. The summed E-state index contributed by atoms with van der Waals surface area (Å²) in [6.07, 6.45) is 1.55. The van der Waals surface area contributed by atoms with E-state index in [1.54, 1.807) is 18.0 Å². The number of benzene rings is 1. The standard InChI is InChI=1S/C19H25NO4S/c1-16-17(2)20(21)9-8-19(16)25-15-14-23-11-10-22-12-13-24-18-6-4-3-5-7-18/h3-9H,10-15H2,1-2H3. The molecule has 0 N–H and O–H groups in total. The zero-order valence-electron chi connectivity index (χ0n) is 14.8. The lowest BCUT2D eigenvalue weighted by atomic mass is 10.2. The maximum Gasteiger partial charge on any atom is 0.193 e. The second kappa shape index (κ2) is 11.0. The molecule has 0 aliphatic heterocycles. The molecule has 0 fully saturated rings. The summed E-state index contributed by atoms with van der Waals surface area (Å²) in [5.41, 5.74) is 1.78. The summed E-state index contributed by atoms with van der Waals surface area (Å²) in [7, 11) is 0. The Hall–Kier alpha value is -1.76. The predicted molar refractivity (Wildman–Crippen MR) is 99.2 cm³/mol. The van der Waals surface area contributed by atoms with Crippen LogP contribution in [-0.4, -0.2) is 38.8 Å². The molecule has 0 radical (unpaired) electrons. The Bertz CT molecular complexity index is 637. The first kappa shape index (κ1) is 19.6. The van der Waals surface area contributed by atoms with Crippen LogP contribution in [0, 0.1) is 19.1 Å². The second-order valence-corrected chi connectivity index (χ2v) is 6.59. The van der Waals surface area contributed by atoms with Gasteiger partial charge in [0.05, 0.1) is 26.4 Å². The molecular weight excluding hydrogens is 338 g/mol. The second-order valence-electron chi connectivity index (χ2n) is 5.45. The van der Waals surface area contributed by atoms with Crippen molar-refractivity contribution in [1.29, 1.82) is 0 Å². The van der Waals surface area contributed by atoms with Gasteiger partial charge in [0.25, 0.3) is 0 Å². The first-order chi connectivity index (χ1) is 12.2. The molecule has 0 atom stereocenters. The number of thioether (sulfide) groups is 1. The number of pyridine rings is 1. The van der Waals surface area contributed by atoms with Gasteiger partial charge in [0, 0.05) is 29.2 Å². The Morgan fingerprint density at radius 2 is 1.60 bits per heavy atom. The maximum atomic E-state index is 11.5. The minimum absolute atomic E-state index is 0.534. The van der Waals surface area contributed by atoms with Crippen LogP contribution in [0.3, 0.4) is 0 Å². The van der Waals surface area contributed by atoms with Crippen molar-refractivity contribution in [2.24, 2.45) is 0 Å². The van der Waals surface area contributed by atoms with Crippen LogP contribution in [0.25, 0.3) is 0 Å². The van der Waals surface area contributed by atoms with Gasteiger partial charge in [-0.3, -0.25) is 0 Å². The summed E-state index contributed by atoms with van der Waals surface area (Å²) in [4.78, 5) is 1.13. The van der Waals surface area contributed by atoms with Crippen LogP contribution in [0.1, 0.15) is 11.3 Å². The topological polar surface area (TPSA) is 54.6 Å². The molecule has 2 aromatic rings. The van der Waals surface area contributed by atoms with Crippen LogP contribution in [0.5, 0.6) is 5.75 Å². The molecule has 6 heteroatoms. The molecule has 0 spiro atoms. The van der Waals surface area contributed by atoms with E-state index < -0.39 is 0 Å². The highest BCUT2D eigenvalue weighted by Crippen LogP contribution is 2.22. The fourth-order valence-corrected chi connectivity index (χ4v) is 3.08. The van der Waals surface area contributed by atoms with Crippen molar-refractivity contribution in [2.45, 2.75) is 18.7 Å². The summed E-state index contributed by atoms with van der Waals surface area (Å²) in [5, 5.41) is 11.5. The molecule has 2 rings (SSSR count). The van der Waals surface area contributed by atoms with Gasteiger partial charge in [-0.2, -0.15) is 4.73 Å². The molecule has 0 bridgehead atoms. The summed E-state index contributed by atoms with van der Waals surface area (Å²) < 4.78 is 17.5. The molecule has 1 heterocycles. The maximum absolute atomic E-state index is 11.5. The molecule has 0 amide bonds. The Kier molecular flexibility index (Phi) is 8.59. The number of hydrogen-bond acceptors (Lipinski definition) is 5. The number of rotatable bonds is 11.